The van der Waals surface area contributed by atoms with Gasteiger partial charge in [-0.05, 0) is 44.0 Å². The van der Waals surface area contributed by atoms with Crippen molar-refractivity contribution < 1.29 is 18.3 Å². The number of ether oxygens (including phenoxy) is 1. The van der Waals surface area contributed by atoms with E-state index >= 15 is 0 Å². The first-order chi connectivity index (χ1) is 9.56. The van der Waals surface area contributed by atoms with Crippen LogP contribution in [0, 0.1) is 0 Å². The van der Waals surface area contributed by atoms with Gasteiger partial charge in [-0.2, -0.15) is 8.78 Å². The van der Waals surface area contributed by atoms with E-state index in [9.17, 15) is 13.6 Å². The molecule has 110 valence electrons. The largest absolute Gasteiger partial charge is 0.435 e. The van der Waals surface area contributed by atoms with Gasteiger partial charge in [0.2, 0.25) is 5.91 Å². The van der Waals surface area contributed by atoms with Crippen molar-refractivity contribution in [1.29, 1.82) is 0 Å². The number of benzene rings is 1. The SMILES string of the molecule is CC(NC(=O)[C@H]1CCCN1)c1cccc(OC(F)F)c1. The third kappa shape index (κ3) is 3.90. The highest BCUT2D eigenvalue weighted by atomic mass is 19.3. The molecule has 0 spiro atoms. The van der Waals surface area contributed by atoms with Gasteiger partial charge < -0.3 is 15.4 Å². The second kappa shape index (κ2) is 6.65. The molecule has 2 atom stereocenters. The van der Waals surface area contributed by atoms with E-state index in [4.69, 9.17) is 0 Å². The van der Waals surface area contributed by atoms with Crippen molar-refractivity contribution in [1.82, 2.24) is 10.6 Å². The molecule has 1 aliphatic heterocycles. The van der Waals surface area contributed by atoms with Gasteiger partial charge in [-0.25, -0.2) is 0 Å². The van der Waals surface area contributed by atoms with Gasteiger partial charge in [0, 0.05) is 0 Å². The van der Waals surface area contributed by atoms with E-state index in [-0.39, 0.29) is 23.7 Å². The summed E-state index contributed by atoms with van der Waals surface area (Å²) in [5, 5.41) is 5.99. The molecule has 0 radical (unpaired) electrons. The number of hydrogen-bond donors (Lipinski definition) is 2. The Hall–Kier alpha value is -1.69. The smallest absolute Gasteiger partial charge is 0.387 e. The Morgan fingerprint density at radius 2 is 2.30 bits per heavy atom. The predicted octanol–water partition coefficient (Wildman–Crippen LogP) is 2.22. The zero-order chi connectivity index (χ0) is 14.5. The minimum atomic E-state index is -2.85. The molecule has 6 heteroatoms. The van der Waals surface area contributed by atoms with Crippen molar-refractivity contribution in [3.63, 3.8) is 0 Å². The minimum absolute atomic E-state index is 0.0600. The van der Waals surface area contributed by atoms with Crippen molar-refractivity contribution >= 4 is 5.91 Å². The van der Waals surface area contributed by atoms with Gasteiger partial charge in [0.05, 0.1) is 12.1 Å². The van der Waals surface area contributed by atoms with Gasteiger partial charge in [0.15, 0.2) is 0 Å². The molecular formula is C14H18F2N2O2. The number of amides is 1. The Kier molecular flexibility index (Phi) is 4.89. The quantitative estimate of drug-likeness (QED) is 0.871. The molecular weight excluding hydrogens is 266 g/mol. The highest BCUT2D eigenvalue weighted by Crippen LogP contribution is 2.21. The zero-order valence-electron chi connectivity index (χ0n) is 11.2. The van der Waals surface area contributed by atoms with E-state index in [0.29, 0.717) is 0 Å². The van der Waals surface area contributed by atoms with Crippen LogP contribution in [0.4, 0.5) is 8.78 Å². The highest BCUT2D eigenvalue weighted by Gasteiger charge is 2.23. The van der Waals surface area contributed by atoms with Crippen LogP contribution in [-0.2, 0) is 4.79 Å². The number of carbonyl (C=O) groups is 1. The molecule has 1 aromatic rings. The number of rotatable bonds is 5. The van der Waals surface area contributed by atoms with Crippen LogP contribution in [-0.4, -0.2) is 25.1 Å². The normalized spacial score (nSPS) is 19.9. The van der Waals surface area contributed by atoms with E-state index in [0.717, 1.165) is 24.9 Å². The van der Waals surface area contributed by atoms with Crippen LogP contribution in [0.25, 0.3) is 0 Å². The fourth-order valence-electron chi connectivity index (χ4n) is 2.27. The van der Waals surface area contributed by atoms with Crippen LogP contribution < -0.4 is 15.4 Å². The summed E-state index contributed by atoms with van der Waals surface area (Å²) in [5.41, 5.74) is 0.731. The number of halogens is 2. The molecule has 4 nitrogen and oxygen atoms in total. The second-order valence-corrected chi connectivity index (χ2v) is 4.83. The lowest BCUT2D eigenvalue weighted by Crippen LogP contribution is -2.41. The van der Waals surface area contributed by atoms with Crippen LogP contribution in [0.3, 0.4) is 0 Å². The summed E-state index contributed by atoms with van der Waals surface area (Å²) in [6.45, 7) is -0.184. The summed E-state index contributed by atoms with van der Waals surface area (Å²) in [7, 11) is 0. The van der Waals surface area contributed by atoms with Gasteiger partial charge in [0.25, 0.3) is 0 Å². The van der Waals surface area contributed by atoms with E-state index in [1.807, 2.05) is 6.92 Å². The lowest BCUT2D eigenvalue weighted by molar-refractivity contribution is -0.123. The summed E-state index contributed by atoms with van der Waals surface area (Å²) in [4.78, 5) is 12.0. The van der Waals surface area contributed by atoms with Crippen LogP contribution in [0.15, 0.2) is 24.3 Å². The van der Waals surface area contributed by atoms with E-state index < -0.39 is 6.61 Å². The molecule has 1 saturated heterocycles. The molecule has 1 aliphatic rings. The molecule has 1 unspecified atom stereocenters. The summed E-state index contributed by atoms with van der Waals surface area (Å²) in [5.74, 6) is 0.0350. The molecule has 0 bridgehead atoms. The Bertz CT molecular complexity index is 462. The number of carbonyl (C=O) groups excluding carboxylic acids is 1. The average Bonchev–Trinajstić information content (AvgIpc) is 2.92. The number of hydrogen-bond acceptors (Lipinski definition) is 3. The fraction of sp³-hybridized carbons (Fsp3) is 0.500. The first-order valence-corrected chi connectivity index (χ1v) is 6.65. The van der Waals surface area contributed by atoms with Crippen molar-refractivity contribution in [3.05, 3.63) is 29.8 Å². The summed E-state index contributed by atoms with van der Waals surface area (Å²) in [6.07, 6.45) is 1.82. The van der Waals surface area contributed by atoms with Crippen LogP contribution in [0.2, 0.25) is 0 Å². The standard InChI is InChI=1S/C14H18F2N2O2/c1-9(18-13(19)12-6-3-7-17-12)10-4-2-5-11(8-10)20-14(15)16/h2,4-5,8-9,12,14,17H,3,6-7H2,1H3,(H,18,19)/t9?,12-/m1/s1. The Morgan fingerprint density at radius 1 is 1.50 bits per heavy atom. The van der Waals surface area contributed by atoms with Gasteiger partial charge in [-0.3, -0.25) is 4.79 Å². The van der Waals surface area contributed by atoms with E-state index in [1.54, 1.807) is 12.1 Å². The molecule has 1 aromatic carbocycles. The average molecular weight is 284 g/mol. The molecule has 2 rings (SSSR count). The lowest BCUT2D eigenvalue weighted by Gasteiger charge is -2.18. The third-order valence-corrected chi connectivity index (χ3v) is 3.32. The summed E-state index contributed by atoms with van der Waals surface area (Å²) < 4.78 is 28.7. The molecule has 1 heterocycles. The first kappa shape index (κ1) is 14.7. The fourth-order valence-corrected chi connectivity index (χ4v) is 2.27. The molecule has 0 saturated carbocycles. The lowest BCUT2D eigenvalue weighted by atomic mass is 10.1. The Morgan fingerprint density at radius 3 is 2.95 bits per heavy atom. The monoisotopic (exact) mass is 284 g/mol. The van der Waals surface area contributed by atoms with E-state index in [1.165, 1.54) is 12.1 Å². The molecule has 1 amide bonds. The summed E-state index contributed by atoms with van der Waals surface area (Å²) in [6, 6.07) is 5.96. The van der Waals surface area contributed by atoms with Crippen molar-refractivity contribution in [2.24, 2.45) is 0 Å². The predicted molar refractivity (Wildman–Crippen MR) is 70.7 cm³/mol. The van der Waals surface area contributed by atoms with Crippen molar-refractivity contribution in [2.45, 2.75) is 38.5 Å². The maximum absolute atomic E-state index is 12.2. The van der Waals surface area contributed by atoms with Crippen molar-refractivity contribution in [3.8, 4) is 5.75 Å². The second-order valence-electron chi connectivity index (χ2n) is 4.83. The van der Waals surface area contributed by atoms with Crippen LogP contribution >= 0.6 is 0 Å². The van der Waals surface area contributed by atoms with Crippen LogP contribution in [0.5, 0.6) is 5.75 Å². The topological polar surface area (TPSA) is 50.4 Å². The molecule has 20 heavy (non-hydrogen) atoms. The molecule has 0 aromatic heterocycles. The molecule has 0 aliphatic carbocycles. The van der Waals surface area contributed by atoms with Crippen molar-refractivity contribution in [2.75, 3.05) is 6.54 Å². The third-order valence-electron chi connectivity index (χ3n) is 3.32. The van der Waals surface area contributed by atoms with Gasteiger partial charge in [-0.15, -0.1) is 0 Å². The highest BCUT2D eigenvalue weighted by molar-refractivity contribution is 5.82. The zero-order valence-corrected chi connectivity index (χ0v) is 11.2. The van der Waals surface area contributed by atoms with Gasteiger partial charge >= 0.3 is 6.61 Å². The van der Waals surface area contributed by atoms with E-state index in [2.05, 4.69) is 15.4 Å². The number of alkyl halides is 2. The molecule has 1 fully saturated rings. The minimum Gasteiger partial charge on any atom is -0.435 e. The van der Waals surface area contributed by atoms with Crippen LogP contribution in [0.1, 0.15) is 31.4 Å². The number of nitrogens with one attached hydrogen (secondary N) is 2. The summed E-state index contributed by atoms with van der Waals surface area (Å²) >= 11 is 0. The van der Waals surface area contributed by atoms with Gasteiger partial charge in [0.1, 0.15) is 5.75 Å². The Balaban J connectivity index is 1.97. The Labute approximate surface area is 116 Å². The first-order valence-electron chi connectivity index (χ1n) is 6.65. The van der Waals surface area contributed by atoms with Gasteiger partial charge in [-0.1, -0.05) is 12.1 Å². The maximum atomic E-state index is 12.2. The molecule has 2 N–H and O–H groups in total. The maximum Gasteiger partial charge on any atom is 0.387 e.